The molecule has 1 fully saturated rings. The third-order valence-electron chi connectivity index (χ3n) is 6.60. The van der Waals surface area contributed by atoms with Crippen LogP contribution in [0.2, 0.25) is 0 Å². The van der Waals surface area contributed by atoms with Gasteiger partial charge in [-0.05, 0) is 30.3 Å². The van der Waals surface area contributed by atoms with Crippen molar-refractivity contribution in [3.8, 4) is 33.9 Å². The molecule has 7 heterocycles. The normalized spacial score (nSPS) is 13.7. The molecule has 12 heteroatoms. The number of urea groups is 1. The summed E-state index contributed by atoms with van der Waals surface area (Å²) in [6.07, 6.45) is 8.57. The van der Waals surface area contributed by atoms with Crippen LogP contribution in [-0.2, 0) is 4.74 Å². The molecule has 0 aromatic carbocycles. The second kappa shape index (κ2) is 9.58. The molecule has 7 rings (SSSR count). The largest absolute Gasteiger partial charge is 0.378 e. The summed E-state index contributed by atoms with van der Waals surface area (Å²) in [4.78, 5) is 40.2. The number of H-pyrrole nitrogens is 2. The van der Waals surface area contributed by atoms with E-state index in [-0.39, 0.29) is 6.03 Å². The van der Waals surface area contributed by atoms with E-state index in [1.807, 2.05) is 36.4 Å². The number of imidazole rings is 1. The lowest BCUT2D eigenvalue weighted by Gasteiger charge is -2.26. The van der Waals surface area contributed by atoms with E-state index in [1.165, 1.54) is 0 Å². The van der Waals surface area contributed by atoms with Crippen molar-refractivity contribution in [3.63, 3.8) is 0 Å². The van der Waals surface area contributed by atoms with Gasteiger partial charge in [-0.3, -0.25) is 15.1 Å². The highest BCUT2D eigenvalue weighted by Gasteiger charge is 2.19. The number of fused-ring (bicyclic) bond motifs is 2. The van der Waals surface area contributed by atoms with Crippen molar-refractivity contribution in [2.24, 2.45) is 0 Å². The summed E-state index contributed by atoms with van der Waals surface area (Å²) in [6, 6.07) is 11.4. The molecule has 0 bridgehead atoms. The van der Waals surface area contributed by atoms with Gasteiger partial charge in [-0.2, -0.15) is 5.10 Å². The molecule has 0 radical (unpaired) electrons. The molecule has 39 heavy (non-hydrogen) atoms. The van der Waals surface area contributed by atoms with Crippen molar-refractivity contribution in [2.45, 2.75) is 0 Å². The summed E-state index contributed by atoms with van der Waals surface area (Å²) in [6.45, 7) is 2.19. The number of amides is 2. The molecule has 6 aromatic rings. The predicted molar refractivity (Wildman–Crippen MR) is 145 cm³/mol. The summed E-state index contributed by atoms with van der Waals surface area (Å²) in [7, 11) is 0. The van der Waals surface area contributed by atoms with Crippen molar-refractivity contribution in [3.05, 3.63) is 67.4 Å². The average molecular weight is 519 g/mol. The van der Waals surface area contributed by atoms with Crippen LogP contribution in [0.25, 0.3) is 56.1 Å². The van der Waals surface area contributed by atoms with Crippen LogP contribution in [0.3, 0.4) is 0 Å². The monoisotopic (exact) mass is 518 g/mol. The molecule has 12 nitrogen and oxygen atoms in total. The molecule has 0 atom stereocenters. The second-order valence-electron chi connectivity index (χ2n) is 9.04. The zero-order chi connectivity index (χ0) is 26.2. The Hall–Kier alpha value is -5.23. The minimum atomic E-state index is -0.175. The Morgan fingerprint density at radius 3 is 2.72 bits per heavy atom. The van der Waals surface area contributed by atoms with Gasteiger partial charge in [-0.15, -0.1) is 0 Å². The van der Waals surface area contributed by atoms with Gasteiger partial charge in [0.15, 0.2) is 17.1 Å². The van der Waals surface area contributed by atoms with Crippen LogP contribution < -0.4 is 5.32 Å². The lowest BCUT2D eigenvalue weighted by Crippen LogP contribution is -2.43. The Kier molecular flexibility index (Phi) is 5.63. The summed E-state index contributed by atoms with van der Waals surface area (Å²) in [5.41, 5.74) is 6.56. The van der Waals surface area contributed by atoms with E-state index < -0.39 is 0 Å². The number of morpholine rings is 1. The summed E-state index contributed by atoms with van der Waals surface area (Å²) in [5.74, 6) is 0.590. The molecule has 1 aliphatic heterocycles. The van der Waals surface area contributed by atoms with Crippen LogP contribution in [0.15, 0.2) is 67.4 Å². The number of aromatic amines is 2. The average Bonchev–Trinajstić information content (AvgIpc) is 3.62. The zero-order valence-electron chi connectivity index (χ0n) is 20.6. The Morgan fingerprint density at radius 2 is 1.85 bits per heavy atom. The number of carbonyl (C=O) groups is 1. The lowest BCUT2D eigenvalue weighted by molar-refractivity contribution is 0.0564. The van der Waals surface area contributed by atoms with E-state index in [0.29, 0.717) is 54.8 Å². The molecule has 1 aliphatic rings. The molecule has 0 spiro atoms. The maximum Gasteiger partial charge on any atom is 0.322 e. The van der Waals surface area contributed by atoms with Crippen LogP contribution in [0, 0.1) is 0 Å². The van der Waals surface area contributed by atoms with Crippen LogP contribution >= 0.6 is 0 Å². The first-order valence-electron chi connectivity index (χ1n) is 12.4. The number of rotatable bonds is 4. The predicted octanol–water partition coefficient (Wildman–Crippen LogP) is 3.88. The lowest BCUT2D eigenvalue weighted by atomic mass is 10.1. The highest BCUT2D eigenvalue weighted by molar-refractivity contribution is 5.96. The van der Waals surface area contributed by atoms with E-state index in [1.54, 1.807) is 35.9 Å². The molecular formula is C27H22N10O2. The number of nitrogens with one attached hydrogen (secondary N) is 3. The third kappa shape index (κ3) is 4.32. The number of nitrogens with zero attached hydrogens (tertiary/aromatic N) is 7. The number of anilines is 1. The van der Waals surface area contributed by atoms with Crippen LogP contribution in [0.4, 0.5) is 10.5 Å². The Morgan fingerprint density at radius 1 is 0.949 bits per heavy atom. The van der Waals surface area contributed by atoms with Crippen LogP contribution in [0.1, 0.15) is 0 Å². The van der Waals surface area contributed by atoms with E-state index in [0.717, 1.165) is 33.3 Å². The number of hydrogen-bond acceptors (Lipinski definition) is 8. The smallest absolute Gasteiger partial charge is 0.322 e. The maximum absolute atomic E-state index is 12.6. The number of aromatic nitrogens is 8. The number of pyridine rings is 4. The van der Waals surface area contributed by atoms with Crippen LogP contribution in [-0.4, -0.2) is 77.3 Å². The van der Waals surface area contributed by atoms with Crippen LogP contribution in [0.5, 0.6) is 0 Å². The quantitative estimate of drug-likeness (QED) is 0.318. The fourth-order valence-electron chi connectivity index (χ4n) is 4.64. The van der Waals surface area contributed by atoms with E-state index in [9.17, 15) is 4.79 Å². The highest BCUT2D eigenvalue weighted by Crippen LogP contribution is 2.31. The summed E-state index contributed by atoms with van der Waals surface area (Å²) < 4.78 is 5.33. The number of hydrogen-bond donors (Lipinski definition) is 3. The third-order valence-corrected chi connectivity index (χ3v) is 6.60. The van der Waals surface area contributed by atoms with E-state index in [2.05, 4.69) is 40.4 Å². The van der Waals surface area contributed by atoms with Crippen molar-refractivity contribution < 1.29 is 9.53 Å². The van der Waals surface area contributed by atoms with Gasteiger partial charge < -0.3 is 19.9 Å². The van der Waals surface area contributed by atoms with Crippen molar-refractivity contribution >= 4 is 33.9 Å². The fraction of sp³-hybridized carbons (Fsp3) is 0.148. The van der Waals surface area contributed by atoms with Gasteiger partial charge in [-0.25, -0.2) is 19.7 Å². The molecule has 1 saturated heterocycles. The topological polar surface area (TPSA) is 150 Å². The molecule has 0 aliphatic carbocycles. The van der Waals surface area contributed by atoms with Gasteiger partial charge in [0, 0.05) is 54.6 Å². The molecule has 2 amide bonds. The van der Waals surface area contributed by atoms with Gasteiger partial charge in [0.1, 0.15) is 5.69 Å². The van der Waals surface area contributed by atoms with E-state index in [4.69, 9.17) is 9.72 Å². The Balaban J connectivity index is 1.23. The molecule has 6 aromatic heterocycles. The first-order valence-corrected chi connectivity index (χ1v) is 12.4. The molecule has 3 N–H and O–H groups in total. The van der Waals surface area contributed by atoms with E-state index >= 15 is 0 Å². The van der Waals surface area contributed by atoms with Gasteiger partial charge in [0.05, 0.1) is 41.7 Å². The van der Waals surface area contributed by atoms with Crippen molar-refractivity contribution in [1.29, 1.82) is 0 Å². The number of carbonyl (C=O) groups excluding carboxylic acids is 1. The van der Waals surface area contributed by atoms with Crippen molar-refractivity contribution in [1.82, 2.24) is 45.0 Å². The van der Waals surface area contributed by atoms with Gasteiger partial charge in [0.25, 0.3) is 0 Å². The molecule has 0 unspecified atom stereocenters. The number of ether oxygens (including phenoxy) is 1. The second-order valence-corrected chi connectivity index (χ2v) is 9.04. The minimum Gasteiger partial charge on any atom is -0.378 e. The Bertz CT molecular complexity index is 1810. The molecule has 192 valence electrons. The summed E-state index contributed by atoms with van der Waals surface area (Å²) >= 11 is 0. The fourth-order valence-corrected chi connectivity index (χ4v) is 4.64. The SMILES string of the molecule is O=C(Nc1cncc(-c2cnc3n[nH]c(-c4nc5nccc(-c6ccccn6)c5[nH]4)c3c2)c1)N1CCOCC1. The Labute approximate surface area is 221 Å². The summed E-state index contributed by atoms with van der Waals surface area (Å²) in [5, 5.41) is 11.2. The maximum atomic E-state index is 12.6. The standard InChI is InChI=1S/C27H22N10O2/c38-27(37-7-9-39-10-8-37)32-18-11-16(13-28-15-18)17-12-20-23(35-36-24(20)31-14-17)26-33-22-19(4-6-30-25(22)34-26)21-3-1-2-5-29-21/h1-6,11-15H,7-10H2,(H,32,38)(H,30,33,34)(H,31,35,36). The van der Waals surface area contributed by atoms with Gasteiger partial charge in [-0.1, -0.05) is 6.07 Å². The van der Waals surface area contributed by atoms with Gasteiger partial charge in [0.2, 0.25) is 0 Å². The highest BCUT2D eigenvalue weighted by atomic mass is 16.5. The molecular weight excluding hydrogens is 496 g/mol. The molecule has 0 saturated carbocycles. The first kappa shape index (κ1) is 22.9. The van der Waals surface area contributed by atoms with Crippen molar-refractivity contribution in [2.75, 3.05) is 31.6 Å². The van der Waals surface area contributed by atoms with Gasteiger partial charge >= 0.3 is 6.03 Å². The minimum absolute atomic E-state index is 0.175. The first-order chi connectivity index (χ1) is 19.2. The zero-order valence-corrected chi connectivity index (χ0v) is 20.6.